The fourth-order valence-electron chi connectivity index (χ4n) is 5.59. The Kier molecular flexibility index (Phi) is 5.78. The van der Waals surface area contributed by atoms with E-state index in [-0.39, 0.29) is 28.4 Å². The summed E-state index contributed by atoms with van der Waals surface area (Å²) in [5, 5.41) is 24.7. The zero-order chi connectivity index (χ0) is 21.6. The van der Waals surface area contributed by atoms with Gasteiger partial charge >= 0.3 is 0 Å². The average Bonchev–Trinajstić information content (AvgIpc) is 2.58. The summed E-state index contributed by atoms with van der Waals surface area (Å²) >= 11 is 0. The van der Waals surface area contributed by atoms with Gasteiger partial charge in [-0.1, -0.05) is 26.0 Å². The predicted molar refractivity (Wildman–Crippen MR) is 115 cm³/mol. The van der Waals surface area contributed by atoms with Gasteiger partial charge in [0.1, 0.15) is 5.75 Å². The van der Waals surface area contributed by atoms with E-state index in [0.717, 1.165) is 32.1 Å². The molecule has 5 heteroatoms. The normalized spacial score (nSPS) is 30.4. The van der Waals surface area contributed by atoms with Gasteiger partial charge < -0.3 is 15.6 Å². The number of amides is 1. The monoisotopic (exact) mass is 402 g/mol. The second-order valence-electron chi connectivity index (χ2n) is 11.1. The highest BCUT2D eigenvalue weighted by Crippen LogP contribution is 2.50. The lowest BCUT2D eigenvalue weighted by molar-refractivity contribution is -0.246. The number of piperidine rings is 1. The van der Waals surface area contributed by atoms with E-state index in [4.69, 9.17) is 0 Å². The molecule has 0 radical (unpaired) electrons. The van der Waals surface area contributed by atoms with Crippen LogP contribution >= 0.6 is 0 Å². The lowest BCUT2D eigenvalue weighted by atomic mass is 9.58. The Morgan fingerprint density at radius 3 is 2.10 bits per heavy atom. The minimum Gasteiger partial charge on any atom is -0.508 e. The van der Waals surface area contributed by atoms with Crippen molar-refractivity contribution in [3.8, 4) is 5.75 Å². The number of rotatable bonds is 5. The van der Waals surface area contributed by atoms with Gasteiger partial charge in [-0.05, 0) is 89.3 Å². The maximum absolute atomic E-state index is 13.1. The van der Waals surface area contributed by atoms with Crippen molar-refractivity contribution in [2.24, 2.45) is 17.3 Å². The van der Waals surface area contributed by atoms with Crippen molar-refractivity contribution in [1.82, 2.24) is 10.4 Å². The number of carbonyl (C=O) groups excluding carboxylic acids is 1. The van der Waals surface area contributed by atoms with Crippen molar-refractivity contribution in [2.75, 3.05) is 0 Å². The van der Waals surface area contributed by atoms with Gasteiger partial charge in [0, 0.05) is 22.5 Å². The van der Waals surface area contributed by atoms with E-state index in [9.17, 15) is 15.1 Å². The molecule has 1 aliphatic heterocycles. The van der Waals surface area contributed by atoms with E-state index >= 15 is 0 Å². The van der Waals surface area contributed by atoms with Crippen LogP contribution in [0, 0.1) is 17.3 Å². The van der Waals surface area contributed by atoms with Gasteiger partial charge in [-0.15, -0.1) is 0 Å². The van der Waals surface area contributed by atoms with Crippen LogP contribution in [-0.4, -0.2) is 38.4 Å². The molecule has 1 heterocycles. The smallest absolute Gasteiger partial charge is 0.226 e. The largest absolute Gasteiger partial charge is 0.508 e. The summed E-state index contributed by atoms with van der Waals surface area (Å²) in [7, 11) is 0. The maximum Gasteiger partial charge on any atom is 0.226 e. The van der Waals surface area contributed by atoms with Crippen LogP contribution in [0.1, 0.15) is 72.8 Å². The maximum atomic E-state index is 13.1. The van der Waals surface area contributed by atoms with Crippen LogP contribution in [0.3, 0.4) is 0 Å². The molecule has 1 aromatic carbocycles. The molecule has 2 fully saturated rings. The Labute approximate surface area is 175 Å². The fourth-order valence-corrected chi connectivity index (χ4v) is 5.59. The van der Waals surface area contributed by atoms with Gasteiger partial charge in [0.05, 0.1) is 0 Å². The molecule has 2 aliphatic rings. The Morgan fingerprint density at radius 2 is 1.59 bits per heavy atom. The molecule has 162 valence electrons. The molecule has 1 aromatic rings. The van der Waals surface area contributed by atoms with E-state index in [1.807, 2.05) is 39.8 Å². The number of nitrogens with one attached hydrogen (secondary N) is 1. The van der Waals surface area contributed by atoms with Gasteiger partial charge in [0.15, 0.2) is 0 Å². The highest BCUT2D eigenvalue weighted by Gasteiger charge is 2.50. The standard InChI is InChI=1S/C24H38N2O3/c1-16(11-17-7-9-20(27)10-8-17)18-12-24(6,13-18)21(28)25-19-14-22(2,3)26(29)23(4,5)15-19/h7-10,16,18-19,27,29H,11-15H2,1-6H3,(H,25,28). The summed E-state index contributed by atoms with van der Waals surface area (Å²) in [4.78, 5) is 13.1. The van der Waals surface area contributed by atoms with E-state index in [0.29, 0.717) is 17.6 Å². The van der Waals surface area contributed by atoms with Crippen LogP contribution < -0.4 is 5.32 Å². The molecule has 1 atom stereocenters. The second kappa shape index (κ2) is 7.59. The summed E-state index contributed by atoms with van der Waals surface area (Å²) in [5.41, 5.74) is 0.218. The topological polar surface area (TPSA) is 72.8 Å². The van der Waals surface area contributed by atoms with Crippen molar-refractivity contribution in [3.63, 3.8) is 0 Å². The van der Waals surface area contributed by atoms with Gasteiger partial charge in [0.2, 0.25) is 5.91 Å². The third-order valence-electron chi connectivity index (χ3n) is 7.25. The highest BCUT2D eigenvalue weighted by molar-refractivity contribution is 5.83. The van der Waals surface area contributed by atoms with E-state index in [1.165, 1.54) is 10.6 Å². The Morgan fingerprint density at radius 1 is 1.07 bits per heavy atom. The summed E-state index contributed by atoms with van der Waals surface area (Å²) in [6.07, 6.45) is 4.30. The minimum absolute atomic E-state index is 0.0844. The number of aromatic hydroxyl groups is 1. The molecule has 29 heavy (non-hydrogen) atoms. The van der Waals surface area contributed by atoms with Crippen molar-refractivity contribution in [1.29, 1.82) is 0 Å². The molecule has 0 spiro atoms. The zero-order valence-electron chi connectivity index (χ0n) is 18.8. The van der Waals surface area contributed by atoms with E-state index < -0.39 is 0 Å². The molecular formula is C24H38N2O3. The summed E-state index contributed by atoms with van der Waals surface area (Å²) in [5.74, 6) is 1.52. The lowest BCUT2D eigenvalue weighted by Gasteiger charge is -2.53. The second-order valence-corrected chi connectivity index (χ2v) is 11.1. The molecule has 0 aromatic heterocycles. The Bertz CT molecular complexity index is 717. The molecule has 3 N–H and O–H groups in total. The van der Waals surface area contributed by atoms with E-state index in [1.54, 1.807) is 12.1 Å². The first-order chi connectivity index (χ1) is 13.3. The fraction of sp³-hybridized carbons (Fsp3) is 0.708. The molecule has 1 amide bonds. The van der Waals surface area contributed by atoms with Crippen LogP contribution in [-0.2, 0) is 11.2 Å². The first-order valence-electron chi connectivity index (χ1n) is 10.9. The molecule has 1 saturated carbocycles. The van der Waals surface area contributed by atoms with Crippen molar-refractivity contribution in [3.05, 3.63) is 29.8 Å². The van der Waals surface area contributed by atoms with Crippen LogP contribution in [0.4, 0.5) is 0 Å². The van der Waals surface area contributed by atoms with Crippen LogP contribution in [0.25, 0.3) is 0 Å². The quantitative estimate of drug-likeness (QED) is 0.677. The molecule has 3 rings (SSSR count). The van der Waals surface area contributed by atoms with Crippen molar-refractivity contribution < 1.29 is 15.1 Å². The van der Waals surface area contributed by atoms with Crippen molar-refractivity contribution >= 4 is 5.91 Å². The van der Waals surface area contributed by atoms with Crippen LogP contribution in [0.5, 0.6) is 5.75 Å². The Hall–Kier alpha value is -1.59. The number of phenols is 1. The summed E-state index contributed by atoms with van der Waals surface area (Å²) in [6, 6.07) is 7.52. The van der Waals surface area contributed by atoms with Gasteiger partial charge in [-0.2, -0.15) is 5.06 Å². The first kappa shape index (κ1) is 22.1. The number of hydrogen-bond acceptors (Lipinski definition) is 4. The lowest BCUT2D eigenvalue weighted by Crippen LogP contribution is -2.64. The number of carbonyl (C=O) groups is 1. The van der Waals surface area contributed by atoms with Crippen LogP contribution in [0.15, 0.2) is 24.3 Å². The van der Waals surface area contributed by atoms with Crippen molar-refractivity contribution in [2.45, 2.75) is 90.8 Å². The zero-order valence-corrected chi connectivity index (χ0v) is 18.8. The summed E-state index contributed by atoms with van der Waals surface area (Å²) < 4.78 is 0. The number of hydroxylamine groups is 2. The summed E-state index contributed by atoms with van der Waals surface area (Å²) in [6.45, 7) is 12.5. The minimum atomic E-state index is -0.360. The molecule has 1 saturated heterocycles. The molecule has 1 unspecified atom stereocenters. The first-order valence-corrected chi connectivity index (χ1v) is 10.9. The molecular weight excluding hydrogens is 364 g/mol. The third-order valence-corrected chi connectivity index (χ3v) is 7.25. The molecule has 0 bridgehead atoms. The van der Waals surface area contributed by atoms with Gasteiger partial charge in [-0.3, -0.25) is 4.79 Å². The number of phenolic OH excluding ortho intramolecular Hbond substituents is 1. The number of hydrogen-bond donors (Lipinski definition) is 3. The average molecular weight is 403 g/mol. The number of nitrogens with zero attached hydrogens (tertiary/aromatic N) is 1. The number of benzene rings is 1. The Balaban J connectivity index is 1.54. The molecule has 5 nitrogen and oxygen atoms in total. The van der Waals surface area contributed by atoms with E-state index in [2.05, 4.69) is 19.2 Å². The van der Waals surface area contributed by atoms with Gasteiger partial charge in [0.25, 0.3) is 0 Å². The third kappa shape index (κ3) is 4.61. The SMILES string of the molecule is CC(Cc1ccc(O)cc1)C1CC(C)(C(=O)NC2CC(C)(C)N(O)C(C)(C)C2)C1. The predicted octanol–water partition coefficient (Wildman–Crippen LogP) is 4.51. The van der Waals surface area contributed by atoms with Crippen LogP contribution in [0.2, 0.25) is 0 Å². The van der Waals surface area contributed by atoms with Gasteiger partial charge in [-0.25, -0.2) is 0 Å². The highest BCUT2D eigenvalue weighted by atomic mass is 16.5. The molecule has 1 aliphatic carbocycles.